The average Bonchev–Trinajstić information content (AvgIpc) is 2.98. The van der Waals surface area contributed by atoms with Crippen molar-refractivity contribution in [3.8, 4) is 28.2 Å². The molecule has 0 atom stereocenters. The molecule has 2 heterocycles. The maximum atomic E-state index is 8.90. The smallest absolute Gasteiger partial charge is 0.188 e. The van der Waals surface area contributed by atoms with Gasteiger partial charge in [0.05, 0.1) is 17.3 Å². The molecule has 0 aliphatic carbocycles. The second-order valence-corrected chi connectivity index (χ2v) is 4.66. The molecule has 0 unspecified atom stereocenters. The Kier molecular flexibility index (Phi) is 3.01. The van der Waals surface area contributed by atoms with Gasteiger partial charge in [0.1, 0.15) is 0 Å². The van der Waals surface area contributed by atoms with Crippen molar-refractivity contribution in [1.82, 2.24) is 15.0 Å². The number of nitrogens with zero attached hydrogens (tertiary/aromatic N) is 4. The highest BCUT2D eigenvalue weighted by Crippen LogP contribution is 2.26. The summed E-state index contributed by atoms with van der Waals surface area (Å²) in [6, 6.07) is 11.3. The first-order valence-electron chi connectivity index (χ1n) is 5.60. The van der Waals surface area contributed by atoms with E-state index in [9.17, 15) is 0 Å². The number of benzene rings is 1. The number of rotatable bonds is 2. The van der Waals surface area contributed by atoms with Gasteiger partial charge in [0.2, 0.25) is 0 Å². The van der Waals surface area contributed by atoms with Crippen LogP contribution < -0.4 is 0 Å². The fourth-order valence-corrected chi connectivity index (χ4v) is 2.44. The zero-order chi connectivity index (χ0) is 13.1. The van der Waals surface area contributed by atoms with Gasteiger partial charge in [0, 0.05) is 23.3 Å². The summed E-state index contributed by atoms with van der Waals surface area (Å²) >= 11 is 1.49. The van der Waals surface area contributed by atoms with E-state index in [1.807, 2.05) is 23.6 Å². The van der Waals surface area contributed by atoms with E-state index in [4.69, 9.17) is 5.26 Å². The van der Waals surface area contributed by atoms with Crippen molar-refractivity contribution < 1.29 is 0 Å². The first-order valence-corrected chi connectivity index (χ1v) is 6.48. The Morgan fingerprint density at radius 1 is 1.11 bits per heavy atom. The molecule has 0 spiro atoms. The number of hydrogen-bond acceptors (Lipinski definition) is 5. The van der Waals surface area contributed by atoms with Crippen LogP contribution in [0.3, 0.4) is 0 Å². The van der Waals surface area contributed by atoms with Gasteiger partial charge in [0.15, 0.2) is 10.8 Å². The van der Waals surface area contributed by atoms with Crippen LogP contribution in [0.15, 0.2) is 48.1 Å². The molecule has 0 aliphatic rings. The maximum absolute atomic E-state index is 8.90. The molecule has 0 fully saturated rings. The molecule has 0 aliphatic heterocycles. The summed E-state index contributed by atoms with van der Waals surface area (Å²) < 4.78 is 0. The van der Waals surface area contributed by atoms with Gasteiger partial charge in [-0.1, -0.05) is 12.1 Å². The molecule has 3 rings (SSSR count). The Hall–Kier alpha value is -2.58. The Balaban J connectivity index is 2.00. The molecule has 0 bridgehead atoms. The second-order valence-electron chi connectivity index (χ2n) is 3.80. The summed E-state index contributed by atoms with van der Waals surface area (Å²) in [5.41, 5.74) is 2.39. The van der Waals surface area contributed by atoms with E-state index in [1.165, 1.54) is 11.3 Å². The summed E-state index contributed by atoms with van der Waals surface area (Å²) in [5, 5.41) is 11.6. The van der Waals surface area contributed by atoms with Crippen LogP contribution in [-0.4, -0.2) is 15.0 Å². The Bertz CT molecular complexity index is 743. The maximum Gasteiger partial charge on any atom is 0.188 e. The van der Waals surface area contributed by atoms with E-state index in [1.54, 1.807) is 24.5 Å². The van der Waals surface area contributed by atoms with Gasteiger partial charge in [-0.25, -0.2) is 15.0 Å². The van der Waals surface area contributed by atoms with Gasteiger partial charge in [-0.05, 0) is 18.2 Å². The third-order valence-electron chi connectivity index (χ3n) is 2.55. The van der Waals surface area contributed by atoms with E-state index < -0.39 is 0 Å². The lowest BCUT2D eigenvalue weighted by molar-refractivity contribution is 1.16. The van der Waals surface area contributed by atoms with Crippen molar-refractivity contribution >= 4 is 11.3 Å². The molecule has 19 heavy (non-hydrogen) atoms. The highest BCUT2D eigenvalue weighted by atomic mass is 32.1. The number of aromatic nitrogens is 3. The van der Waals surface area contributed by atoms with Crippen molar-refractivity contribution in [3.63, 3.8) is 0 Å². The van der Waals surface area contributed by atoms with Crippen LogP contribution in [0.25, 0.3) is 22.1 Å². The highest BCUT2D eigenvalue weighted by Gasteiger charge is 2.08. The molecule has 4 nitrogen and oxygen atoms in total. The summed E-state index contributed by atoms with van der Waals surface area (Å²) in [6.07, 6.45) is 3.39. The lowest BCUT2D eigenvalue weighted by atomic mass is 10.1. The Morgan fingerprint density at radius 2 is 1.95 bits per heavy atom. The largest absolute Gasteiger partial charge is 0.234 e. The summed E-state index contributed by atoms with van der Waals surface area (Å²) in [6.45, 7) is 0. The molecular weight excluding hydrogens is 256 g/mol. The Morgan fingerprint density at radius 3 is 2.74 bits per heavy atom. The van der Waals surface area contributed by atoms with E-state index in [0.717, 1.165) is 16.3 Å². The van der Waals surface area contributed by atoms with Crippen molar-refractivity contribution in [2.75, 3.05) is 0 Å². The topological polar surface area (TPSA) is 62.5 Å². The van der Waals surface area contributed by atoms with E-state index in [2.05, 4.69) is 21.0 Å². The third-order valence-corrected chi connectivity index (χ3v) is 3.39. The van der Waals surface area contributed by atoms with Crippen LogP contribution in [0.2, 0.25) is 0 Å². The Labute approximate surface area is 114 Å². The van der Waals surface area contributed by atoms with Crippen molar-refractivity contribution in [3.05, 3.63) is 53.7 Å². The standard InChI is InChI=1S/C14H8N4S/c15-8-10-3-1-4-11(7-10)12-9-19-14(18-12)13-16-5-2-6-17-13/h1-7,9H. The summed E-state index contributed by atoms with van der Waals surface area (Å²) in [7, 11) is 0. The van der Waals surface area contributed by atoms with Crippen LogP contribution in [0, 0.1) is 11.3 Å². The second kappa shape index (κ2) is 4.96. The minimum atomic E-state index is 0.621. The van der Waals surface area contributed by atoms with Crippen LogP contribution >= 0.6 is 11.3 Å². The van der Waals surface area contributed by atoms with Gasteiger partial charge in [-0.15, -0.1) is 11.3 Å². The monoisotopic (exact) mass is 264 g/mol. The van der Waals surface area contributed by atoms with E-state index in [0.29, 0.717) is 11.4 Å². The molecule has 0 amide bonds. The van der Waals surface area contributed by atoms with E-state index in [-0.39, 0.29) is 0 Å². The molecule has 0 radical (unpaired) electrons. The van der Waals surface area contributed by atoms with Crippen molar-refractivity contribution in [2.45, 2.75) is 0 Å². The van der Waals surface area contributed by atoms with Crippen LogP contribution in [0.4, 0.5) is 0 Å². The first-order chi connectivity index (χ1) is 9.36. The normalized spacial score (nSPS) is 10.1. The molecule has 0 N–H and O–H groups in total. The molecule has 1 aromatic carbocycles. The van der Waals surface area contributed by atoms with Crippen LogP contribution in [-0.2, 0) is 0 Å². The zero-order valence-corrected chi connectivity index (χ0v) is 10.6. The minimum absolute atomic E-state index is 0.621. The lowest BCUT2D eigenvalue weighted by Gasteiger charge is -1.96. The van der Waals surface area contributed by atoms with Gasteiger partial charge >= 0.3 is 0 Å². The van der Waals surface area contributed by atoms with E-state index >= 15 is 0 Å². The van der Waals surface area contributed by atoms with Crippen LogP contribution in [0.1, 0.15) is 5.56 Å². The molecule has 2 aromatic heterocycles. The molecular formula is C14H8N4S. The SMILES string of the molecule is N#Cc1cccc(-c2csc(-c3ncccn3)n2)c1. The molecule has 3 aromatic rings. The molecule has 0 saturated carbocycles. The predicted molar refractivity (Wildman–Crippen MR) is 73.3 cm³/mol. The minimum Gasteiger partial charge on any atom is -0.234 e. The fourth-order valence-electron chi connectivity index (χ4n) is 1.67. The fraction of sp³-hybridized carbons (Fsp3) is 0. The molecule has 0 saturated heterocycles. The number of hydrogen-bond donors (Lipinski definition) is 0. The highest BCUT2D eigenvalue weighted by molar-refractivity contribution is 7.13. The van der Waals surface area contributed by atoms with Gasteiger partial charge < -0.3 is 0 Å². The average molecular weight is 264 g/mol. The summed E-state index contributed by atoms with van der Waals surface area (Å²) in [4.78, 5) is 12.9. The van der Waals surface area contributed by atoms with Gasteiger partial charge in [-0.3, -0.25) is 0 Å². The predicted octanol–water partition coefficient (Wildman–Crippen LogP) is 3.14. The zero-order valence-electron chi connectivity index (χ0n) is 9.82. The third kappa shape index (κ3) is 2.34. The van der Waals surface area contributed by atoms with Crippen LogP contribution in [0.5, 0.6) is 0 Å². The van der Waals surface area contributed by atoms with Crippen molar-refractivity contribution in [2.24, 2.45) is 0 Å². The quantitative estimate of drug-likeness (QED) is 0.713. The molecule has 5 heteroatoms. The van der Waals surface area contributed by atoms with Crippen molar-refractivity contribution in [1.29, 1.82) is 5.26 Å². The number of nitriles is 1. The summed E-state index contributed by atoms with van der Waals surface area (Å²) in [5.74, 6) is 0.621. The van der Waals surface area contributed by atoms with Gasteiger partial charge in [-0.2, -0.15) is 5.26 Å². The molecule has 90 valence electrons. The first kappa shape index (κ1) is 11.5. The number of thiazole rings is 1. The van der Waals surface area contributed by atoms with Gasteiger partial charge in [0.25, 0.3) is 0 Å². The lowest BCUT2D eigenvalue weighted by Crippen LogP contribution is -1.86.